The van der Waals surface area contributed by atoms with E-state index in [2.05, 4.69) is 55.3 Å². The fourth-order valence-electron chi connectivity index (χ4n) is 2.29. The number of hydrogen-bond donors (Lipinski definition) is 2. The first-order valence-corrected chi connectivity index (χ1v) is 8.14. The number of ether oxygens (including phenoxy) is 1. The van der Waals surface area contributed by atoms with Gasteiger partial charge in [-0.3, -0.25) is 0 Å². The van der Waals surface area contributed by atoms with E-state index in [0.29, 0.717) is 25.2 Å². The minimum Gasteiger partial charge on any atom is -0.380 e. The predicted octanol–water partition coefficient (Wildman–Crippen LogP) is 3.45. The highest BCUT2D eigenvalue weighted by molar-refractivity contribution is 5.78. The molecule has 1 atom stereocenters. The lowest BCUT2D eigenvalue weighted by Gasteiger charge is -2.15. The van der Waals surface area contributed by atoms with E-state index >= 15 is 0 Å². The molecule has 0 amide bonds. The number of methoxy groups -OCH3 is 1. The summed E-state index contributed by atoms with van der Waals surface area (Å²) in [5.74, 6) is 1.29. The number of nitrogens with zero attached hydrogens (tertiary/aromatic N) is 1. The molecule has 0 aliphatic rings. The summed E-state index contributed by atoms with van der Waals surface area (Å²) in [6.07, 6.45) is 3.61. The molecule has 1 unspecified atom stereocenters. The summed E-state index contributed by atoms with van der Waals surface area (Å²) in [7, 11) is 1.70. The first-order chi connectivity index (χ1) is 10.5. The molecule has 1 rings (SSSR count). The Morgan fingerprint density at radius 1 is 1.14 bits per heavy atom. The summed E-state index contributed by atoms with van der Waals surface area (Å²) >= 11 is 0. The van der Waals surface area contributed by atoms with Crippen LogP contribution in [0.2, 0.25) is 0 Å². The first-order valence-electron chi connectivity index (χ1n) is 8.14. The third-order valence-electron chi connectivity index (χ3n) is 3.58. The minimum absolute atomic E-state index is 0.367. The molecule has 22 heavy (non-hydrogen) atoms. The van der Waals surface area contributed by atoms with Gasteiger partial charge in [0.1, 0.15) is 0 Å². The molecule has 0 radical (unpaired) electrons. The van der Waals surface area contributed by atoms with Gasteiger partial charge in [0.05, 0.1) is 13.2 Å². The Balaban J connectivity index is 2.35. The molecule has 1 aromatic carbocycles. The van der Waals surface area contributed by atoms with E-state index in [4.69, 9.17) is 10.5 Å². The second-order valence-electron chi connectivity index (χ2n) is 6.32. The van der Waals surface area contributed by atoms with Crippen LogP contribution in [0.1, 0.15) is 51.2 Å². The van der Waals surface area contributed by atoms with E-state index in [9.17, 15) is 0 Å². The molecule has 3 N–H and O–H groups in total. The molecule has 4 heteroatoms. The highest BCUT2D eigenvalue weighted by Crippen LogP contribution is 2.08. The number of benzene rings is 1. The maximum Gasteiger partial charge on any atom is 0.189 e. The quantitative estimate of drug-likeness (QED) is 0.542. The molecule has 0 saturated carbocycles. The van der Waals surface area contributed by atoms with Gasteiger partial charge in [0.2, 0.25) is 0 Å². The molecule has 0 saturated heterocycles. The zero-order valence-corrected chi connectivity index (χ0v) is 14.4. The first kappa shape index (κ1) is 18.5. The average Bonchev–Trinajstić information content (AvgIpc) is 2.46. The van der Waals surface area contributed by atoms with Crippen LogP contribution in [-0.4, -0.2) is 19.1 Å². The molecule has 0 aliphatic heterocycles. The fourth-order valence-corrected chi connectivity index (χ4v) is 2.29. The third-order valence-corrected chi connectivity index (χ3v) is 3.58. The lowest BCUT2D eigenvalue weighted by molar-refractivity contribution is 0.185. The van der Waals surface area contributed by atoms with Gasteiger partial charge in [0.15, 0.2) is 5.96 Å². The summed E-state index contributed by atoms with van der Waals surface area (Å²) < 4.78 is 5.10. The van der Waals surface area contributed by atoms with Gasteiger partial charge in [-0.05, 0) is 30.4 Å². The normalized spacial score (nSPS) is 13.4. The zero-order valence-electron chi connectivity index (χ0n) is 14.4. The van der Waals surface area contributed by atoms with Crippen LogP contribution in [0, 0.1) is 5.92 Å². The van der Waals surface area contributed by atoms with Crippen molar-refractivity contribution in [2.45, 2.75) is 59.2 Å². The Labute approximate surface area is 135 Å². The third kappa shape index (κ3) is 8.03. The standard InChI is InChI=1S/C18H31N3O/c1-14(2)6-5-7-15(3)21-18(19)20-12-16-8-10-17(11-9-16)13-22-4/h8-11,14-15H,5-7,12-13H2,1-4H3,(H3,19,20,21). The van der Waals surface area contributed by atoms with Crippen molar-refractivity contribution in [1.29, 1.82) is 0 Å². The van der Waals surface area contributed by atoms with Crippen molar-refractivity contribution in [2.75, 3.05) is 7.11 Å². The Bertz CT molecular complexity index is 440. The van der Waals surface area contributed by atoms with E-state index in [1.807, 2.05) is 0 Å². The van der Waals surface area contributed by atoms with Crippen LogP contribution in [0.4, 0.5) is 0 Å². The highest BCUT2D eigenvalue weighted by Gasteiger charge is 2.03. The van der Waals surface area contributed by atoms with Crippen LogP contribution in [0.5, 0.6) is 0 Å². The summed E-state index contributed by atoms with van der Waals surface area (Å²) in [5, 5.41) is 3.26. The molecular weight excluding hydrogens is 274 g/mol. The number of nitrogens with two attached hydrogens (primary N) is 1. The van der Waals surface area contributed by atoms with Gasteiger partial charge in [-0.15, -0.1) is 0 Å². The summed E-state index contributed by atoms with van der Waals surface area (Å²) in [5.41, 5.74) is 8.27. The van der Waals surface area contributed by atoms with Crippen LogP contribution in [0.15, 0.2) is 29.3 Å². The van der Waals surface area contributed by atoms with Gasteiger partial charge < -0.3 is 15.8 Å². The Morgan fingerprint density at radius 2 is 1.77 bits per heavy atom. The maximum absolute atomic E-state index is 5.95. The van der Waals surface area contributed by atoms with Crippen LogP contribution in [-0.2, 0) is 17.9 Å². The maximum atomic E-state index is 5.95. The van der Waals surface area contributed by atoms with Gasteiger partial charge >= 0.3 is 0 Å². The second-order valence-corrected chi connectivity index (χ2v) is 6.32. The van der Waals surface area contributed by atoms with E-state index < -0.39 is 0 Å². The number of guanidine groups is 1. The monoisotopic (exact) mass is 305 g/mol. The number of rotatable bonds is 9. The van der Waals surface area contributed by atoms with Crippen molar-refractivity contribution in [1.82, 2.24) is 5.32 Å². The topological polar surface area (TPSA) is 59.6 Å². The van der Waals surface area contributed by atoms with E-state index in [1.165, 1.54) is 18.4 Å². The molecule has 124 valence electrons. The average molecular weight is 305 g/mol. The van der Waals surface area contributed by atoms with Gasteiger partial charge in [-0.25, -0.2) is 4.99 Å². The minimum atomic E-state index is 0.367. The smallest absolute Gasteiger partial charge is 0.189 e. The summed E-state index contributed by atoms with van der Waals surface area (Å²) in [6, 6.07) is 8.62. The van der Waals surface area contributed by atoms with Crippen LogP contribution in [0.25, 0.3) is 0 Å². The van der Waals surface area contributed by atoms with E-state index in [-0.39, 0.29) is 0 Å². The molecular formula is C18H31N3O. The number of aliphatic imine (C=N–C) groups is 1. The highest BCUT2D eigenvalue weighted by atomic mass is 16.5. The molecule has 4 nitrogen and oxygen atoms in total. The van der Waals surface area contributed by atoms with Crippen molar-refractivity contribution in [2.24, 2.45) is 16.6 Å². The molecule has 1 aromatic rings. The van der Waals surface area contributed by atoms with Crippen LogP contribution >= 0.6 is 0 Å². The SMILES string of the molecule is COCc1ccc(CN=C(N)NC(C)CCCC(C)C)cc1. The van der Waals surface area contributed by atoms with Crippen LogP contribution < -0.4 is 11.1 Å². The molecule has 0 aromatic heterocycles. The van der Waals surface area contributed by atoms with Crippen molar-refractivity contribution < 1.29 is 4.74 Å². The van der Waals surface area contributed by atoms with Gasteiger partial charge in [-0.1, -0.05) is 51.0 Å². The fraction of sp³-hybridized carbons (Fsp3) is 0.611. The Kier molecular flexibility index (Phi) is 8.60. The summed E-state index contributed by atoms with van der Waals surface area (Å²) in [4.78, 5) is 4.41. The zero-order chi connectivity index (χ0) is 16.4. The van der Waals surface area contributed by atoms with Crippen molar-refractivity contribution in [3.05, 3.63) is 35.4 Å². The molecule has 0 aliphatic carbocycles. The Hall–Kier alpha value is -1.55. The summed E-state index contributed by atoms with van der Waals surface area (Å²) in [6.45, 7) is 7.91. The second kappa shape index (κ2) is 10.2. The Morgan fingerprint density at radius 3 is 2.36 bits per heavy atom. The van der Waals surface area contributed by atoms with E-state index in [0.717, 1.165) is 17.9 Å². The number of nitrogens with one attached hydrogen (secondary N) is 1. The van der Waals surface area contributed by atoms with Gasteiger partial charge in [-0.2, -0.15) is 0 Å². The molecule has 0 fully saturated rings. The lowest BCUT2D eigenvalue weighted by atomic mass is 10.0. The molecule has 0 heterocycles. The van der Waals surface area contributed by atoms with Crippen molar-refractivity contribution in [3.63, 3.8) is 0 Å². The molecule has 0 bridgehead atoms. The van der Waals surface area contributed by atoms with Crippen molar-refractivity contribution >= 4 is 5.96 Å². The number of hydrogen-bond acceptors (Lipinski definition) is 2. The predicted molar refractivity (Wildman–Crippen MR) is 93.8 cm³/mol. The largest absolute Gasteiger partial charge is 0.380 e. The van der Waals surface area contributed by atoms with E-state index in [1.54, 1.807) is 7.11 Å². The van der Waals surface area contributed by atoms with Gasteiger partial charge in [0.25, 0.3) is 0 Å². The van der Waals surface area contributed by atoms with Gasteiger partial charge in [0, 0.05) is 13.2 Å². The molecule has 0 spiro atoms. The lowest BCUT2D eigenvalue weighted by Crippen LogP contribution is -2.38. The van der Waals surface area contributed by atoms with Crippen molar-refractivity contribution in [3.8, 4) is 0 Å². The van der Waals surface area contributed by atoms with Crippen LogP contribution in [0.3, 0.4) is 0 Å².